The van der Waals surface area contributed by atoms with Crippen molar-refractivity contribution in [2.75, 3.05) is 18.4 Å². The van der Waals surface area contributed by atoms with Crippen LogP contribution in [0.5, 0.6) is 11.6 Å². The molecule has 0 bridgehead atoms. The SMILES string of the molecule is Cn1cc(Oc2ccnc(NC3CCNC3)n2)cn1. The Bertz CT molecular complexity index is 549. The number of anilines is 1. The Labute approximate surface area is 111 Å². The maximum atomic E-state index is 5.61. The molecule has 2 aromatic heterocycles. The van der Waals surface area contributed by atoms with Crippen LogP contribution in [0.4, 0.5) is 5.95 Å². The van der Waals surface area contributed by atoms with Gasteiger partial charge in [0, 0.05) is 31.9 Å². The monoisotopic (exact) mass is 260 g/mol. The molecule has 3 heterocycles. The molecule has 1 fully saturated rings. The highest BCUT2D eigenvalue weighted by molar-refractivity contribution is 5.31. The van der Waals surface area contributed by atoms with Crippen molar-refractivity contribution in [3.63, 3.8) is 0 Å². The Balaban J connectivity index is 1.68. The molecule has 0 aromatic carbocycles. The van der Waals surface area contributed by atoms with Crippen LogP contribution in [0, 0.1) is 0 Å². The van der Waals surface area contributed by atoms with Crippen molar-refractivity contribution >= 4 is 5.95 Å². The molecule has 1 unspecified atom stereocenters. The molecule has 2 N–H and O–H groups in total. The molecule has 3 rings (SSSR count). The van der Waals surface area contributed by atoms with Gasteiger partial charge in [-0.1, -0.05) is 0 Å². The van der Waals surface area contributed by atoms with E-state index < -0.39 is 0 Å². The number of hydrogen-bond donors (Lipinski definition) is 2. The lowest BCUT2D eigenvalue weighted by Gasteiger charge is -2.11. The minimum Gasteiger partial charge on any atom is -0.436 e. The van der Waals surface area contributed by atoms with Gasteiger partial charge >= 0.3 is 0 Å². The largest absolute Gasteiger partial charge is 0.436 e. The molecule has 100 valence electrons. The van der Waals surface area contributed by atoms with Crippen LogP contribution in [0.1, 0.15) is 6.42 Å². The van der Waals surface area contributed by atoms with E-state index in [1.165, 1.54) is 0 Å². The molecule has 1 atom stereocenters. The maximum absolute atomic E-state index is 5.61. The third kappa shape index (κ3) is 3.00. The van der Waals surface area contributed by atoms with Crippen molar-refractivity contribution in [3.8, 4) is 11.6 Å². The van der Waals surface area contributed by atoms with Crippen LogP contribution in [0.3, 0.4) is 0 Å². The smallest absolute Gasteiger partial charge is 0.226 e. The minimum absolute atomic E-state index is 0.383. The summed E-state index contributed by atoms with van der Waals surface area (Å²) in [4.78, 5) is 8.53. The molecule has 0 aliphatic carbocycles. The molecule has 1 saturated heterocycles. The number of aryl methyl sites for hydroxylation is 1. The fraction of sp³-hybridized carbons (Fsp3) is 0.417. The Hall–Kier alpha value is -2.15. The Morgan fingerprint density at radius 2 is 2.47 bits per heavy atom. The van der Waals surface area contributed by atoms with Gasteiger partial charge in [-0.15, -0.1) is 0 Å². The first-order valence-electron chi connectivity index (χ1n) is 6.26. The van der Waals surface area contributed by atoms with Gasteiger partial charge < -0.3 is 15.4 Å². The molecule has 2 aromatic rings. The van der Waals surface area contributed by atoms with Gasteiger partial charge in [-0.2, -0.15) is 10.1 Å². The van der Waals surface area contributed by atoms with Crippen LogP contribution in [0.25, 0.3) is 0 Å². The molecule has 7 nitrogen and oxygen atoms in total. The van der Waals surface area contributed by atoms with Crippen LogP contribution in [0.15, 0.2) is 24.7 Å². The van der Waals surface area contributed by atoms with E-state index in [4.69, 9.17) is 4.74 Å². The van der Waals surface area contributed by atoms with Gasteiger partial charge in [-0.25, -0.2) is 4.98 Å². The summed E-state index contributed by atoms with van der Waals surface area (Å²) in [6, 6.07) is 2.11. The number of rotatable bonds is 4. The Morgan fingerprint density at radius 3 is 3.21 bits per heavy atom. The quantitative estimate of drug-likeness (QED) is 0.846. The summed E-state index contributed by atoms with van der Waals surface area (Å²) >= 11 is 0. The molecule has 19 heavy (non-hydrogen) atoms. The van der Waals surface area contributed by atoms with E-state index in [0.717, 1.165) is 19.5 Å². The molecule has 0 amide bonds. The molecular formula is C12H16N6O. The predicted molar refractivity (Wildman–Crippen MR) is 70.2 cm³/mol. The van der Waals surface area contributed by atoms with Crippen molar-refractivity contribution in [2.45, 2.75) is 12.5 Å². The van der Waals surface area contributed by atoms with Gasteiger partial charge in [-0.05, 0) is 13.0 Å². The first-order valence-corrected chi connectivity index (χ1v) is 6.26. The van der Waals surface area contributed by atoms with Gasteiger partial charge in [-0.3, -0.25) is 4.68 Å². The number of nitrogens with zero attached hydrogens (tertiary/aromatic N) is 4. The molecule has 7 heteroatoms. The second-order valence-electron chi connectivity index (χ2n) is 4.50. The van der Waals surface area contributed by atoms with Gasteiger partial charge in [0.25, 0.3) is 0 Å². The lowest BCUT2D eigenvalue weighted by atomic mass is 10.3. The van der Waals surface area contributed by atoms with Gasteiger partial charge in [0.05, 0.1) is 12.4 Å². The van der Waals surface area contributed by atoms with E-state index in [1.807, 2.05) is 7.05 Å². The second-order valence-corrected chi connectivity index (χ2v) is 4.50. The molecule has 0 radical (unpaired) electrons. The summed E-state index contributed by atoms with van der Waals surface area (Å²) in [5.41, 5.74) is 0. The van der Waals surface area contributed by atoms with E-state index in [0.29, 0.717) is 23.6 Å². The predicted octanol–water partition coefficient (Wildman–Crippen LogP) is 0.776. The second kappa shape index (κ2) is 5.23. The topological polar surface area (TPSA) is 76.9 Å². The molecule has 0 saturated carbocycles. The maximum Gasteiger partial charge on any atom is 0.226 e. The van der Waals surface area contributed by atoms with Crippen LogP contribution in [-0.4, -0.2) is 38.9 Å². The zero-order chi connectivity index (χ0) is 13.1. The van der Waals surface area contributed by atoms with Crippen molar-refractivity contribution < 1.29 is 4.74 Å². The highest BCUT2D eigenvalue weighted by Gasteiger charge is 2.15. The summed E-state index contributed by atoms with van der Waals surface area (Å²) in [6.45, 7) is 1.97. The zero-order valence-corrected chi connectivity index (χ0v) is 10.7. The summed E-state index contributed by atoms with van der Waals surface area (Å²) in [6.07, 6.45) is 6.20. The Kier molecular flexibility index (Phi) is 3.28. The van der Waals surface area contributed by atoms with E-state index in [1.54, 1.807) is 29.3 Å². The normalized spacial score (nSPS) is 18.5. The van der Waals surface area contributed by atoms with Crippen molar-refractivity contribution in [3.05, 3.63) is 24.7 Å². The molecule has 1 aliphatic heterocycles. The van der Waals surface area contributed by atoms with Gasteiger partial charge in [0.15, 0.2) is 5.75 Å². The average molecular weight is 260 g/mol. The van der Waals surface area contributed by atoms with Gasteiger partial charge in [0.2, 0.25) is 11.8 Å². The minimum atomic E-state index is 0.383. The van der Waals surface area contributed by atoms with Crippen LogP contribution >= 0.6 is 0 Å². The first-order chi connectivity index (χ1) is 9.29. The van der Waals surface area contributed by atoms with E-state index in [2.05, 4.69) is 25.7 Å². The highest BCUT2D eigenvalue weighted by Crippen LogP contribution is 2.19. The number of nitrogens with one attached hydrogen (secondary N) is 2. The number of aromatic nitrogens is 4. The van der Waals surface area contributed by atoms with Crippen LogP contribution in [0.2, 0.25) is 0 Å². The van der Waals surface area contributed by atoms with Crippen LogP contribution < -0.4 is 15.4 Å². The van der Waals surface area contributed by atoms with E-state index in [9.17, 15) is 0 Å². The van der Waals surface area contributed by atoms with Crippen LogP contribution in [-0.2, 0) is 7.05 Å². The summed E-state index contributed by atoms with van der Waals surface area (Å²) in [5.74, 6) is 1.77. The zero-order valence-electron chi connectivity index (χ0n) is 10.7. The summed E-state index contributed by atoms with van der Waals surface area (Å²) in [5, 5.41) is 10.6. The van der Waals surface area contributed by atoms with E-state index >= 15 is 0 Å². The fourth-order valence-electron chi connectivity index (χ4n) is 2.00. The fourth-order valence-corrected chi connectivity index (χ4v) is 2.00. The Morgan fingerprint density at radius 1 is 1.53 bits per heavy atom. The molecule has 0 spiro atoms. The summed E-state index contributed by atoms with van der Waals surface area (Å²) < 4.78 is 7.29. The number of ether oxygens (including phenoxy) is 1. The lowest BCUT2D eigenvalue weighted by Crippen LogP contribution is -2.23. The third-order valence-electron chi connectivity index (χ3n) is 2.93. The van der Waals surface area contributed by atoms with Gasteiger partial charge in [0.1, 0.15) is 0 Å². The van der Waals surface area contributed by atoms with Crippen molar-refractivity contribution in [1.82, 2.24) is 25.1 Å². The highest BCUT2D eigenvalue weighted by atomic mass is 16.5. The van der Waals surface area contributed by atoms with E-state index in [-0.39, 0.29) is 0 Å². The van der Waals surface area contributed by atoms with Crippen molar-refractivity contribution in [1.29, 1.82) is 0 Å². The molecular weight excluding hydrogens is 244 g/mol. The lowest BCUT2D eigenvalue weighted by molar-refractivity contribution is 0.461. The average Bonchev–Trinajstić information content (AvgIpc) is 3.02. The molecule has 1 aliphatic rings. The standard InChI is InChI=1S/C12H16N6O/c1-18-8-10(7-15-18)19-11-3-5-14-12(17-11)16-9-2-4-13-6-9/h3,5,7-9,13H,2,4,6H2,1H3,(H,14,16,17). The first kappa shape index (κ1) is 11.9. The third-order valence-corrected chi connectivity index (χ3v) is 2.93. The van der Waals surface area contributed by atoms with Crippen molar-refractivity contribution in [2.24, 2.45) is 7.05 Å². The summed E-state index contributed by atoms with van der Waals surface area (Å²) in [7, 11) is 1.84. The number of hydrogen-bond acceptors (Lipinski definition) is 6.